The molecule has 148 valence electrons. The first-order valence-corrected chi connectivity index (χ1v) is 9.91. The number of amides is 1. The molecular weight excluding hydrogens is 356 g/mol. The van der Waals surface area contributed by atoms with Crippen molar-refractivity contribution in [3.05, 3.63) is 107 Å². The monoisotopic (exact) mass is 384 g/mol. The highest BCUT2D eigenvalue weighted by Gasteiger charge is 2.22. The van der Waals surface area contributed by atoms with E-state index in [9.17, 15) is 4.79 Å². The summed E-state index contributed by atoms with van der Waals surface area (Å²) in [6.45, 7) is 8.48. The molecule has 1 N–H and O–H groups in total. The van der Waals surface area contributed by atoms with E-state index in [1.54, 1.807) is 0 Å². The van der Waals surface area contributed by atoms with Crippen molar-refractivity contribution in [2.45, 2.75) is 39.0 Å². The van der Waals surface area contributed by atoms with Crippen molar-refractivity contribution in [1.29, 1.82) is 0 Å². The fourth-order valence-electron chi connectivity index (χ4n) is 3.27. The molecule has 0 spiro atoms. The Morgan fingerprint density at radius 3 is 1.72 bits per heavy atom. The van der Waals surface area contributed by atoms with Crippen LogP contribution >= 0.6 is 0 Å². The van der Waals surface area contributed by atoms with Crippen LogP contribution in [0.5, 0.6) is 0 Å². The summed E-state index contributed by atoms with van der Waals surface area (Å²) in [6, 6.07) is 27.9. The third-order valence-electron chi connectivity index (χ3n) is 5.03. The van der Waals surface area contributed by atoms with E-state index in [0.29, 0.717) is 0 Å². The van der Waals surface area contributed by atoms with E-state index in [1.807, 2.05) is 67.6 Å². The third-order valence-corrected chi connectivity index (χ3v) is 5.03. The van der Waals surface area contributed by atoms with Crippen LogP contribution in [-0.2, 0) is 10.2 Å². The molecule has 0 fully saturated rings. The minimum Gasteiger partial charge on any atom is -0.272 e. The highest BCUT2D eigenvalue weighted by Crippen LogP contribution is 2.25. The summed E-state index contributed by atoms with van der Waals surface area (Å²) in [4.78, 5) is 13.0. The van der Waals surface area contributed by atoms with Gasteiger partial charge in [0.1, 0.15) is 0 Å². The van der Waals surface area contributed by atoms with Gasteiger partial charge in [0.25, 0.3) is 5.91 Å². The van der Waals surface area contributed by atoms with E-state index >= 15 is 0 Å². The molecule has 0 aliphatic heterocycles. The van der Waals surface area contributed by atoms with Gasteiger partial charge in [-0.05, 0) is 34.6 Å². The van der Waals surface area contributed by atoms with Crippen molar-refractivity contribution in [3.8, 4) is 0 Å². The molecule has 3 rings (SSSR count). The van der Waals surface area contributed by atoms with Gasteiger partial charge >= 0.3 is 0 Å². The molecule has 3 aromatic carbocycles. The van der Waals surface area contributed by atoms with E-state index in [2.05, 4.69) is 55.6 Å². The molecule has 0 unspecified atom stereocenters. The highest BCUT2D eigenvalue weighted by molar-refractivity contribution is 5.99. The Labute approximate surface area is 173 Å². The Morgan fingerprint density at radius 2 is 1.28 bits per heavy atom. The first-order chi connectivity index (χ1) is 13.9. The van der Waals surface area contributed by atoms with Crippen LogP contribution in [0.15, 0.2) is 90.0 Å². The van der Waals surface area contributed by atoms with Crippen LogP contribution in [0.1, 0.15) is 55.9 Å². The van der Waals surface area contributed by atoms with Crippen LogP contribution < -0.4 is 5.43 Å². The minimum absolute atomic E-state index is 0.108. The van der Waals surface area contributed by atoms with Gasteiger partial charge in [-0.3, -0.25) is 4.79 Å². The molecule has 3 heteroatoms. The zero-order valence-electron chi connectivity index (χ0n) is 17.5. The summed E-state index contributed by atoms with van der Waals surface area (Å²) in [5, 5.41) is 4.38. The lowest BCUT2D eigenvalue weighted by Gasteiger charge is -2.19. The van der Waals surface area contributed by atoms with Gasteiger partial charge < -0.3 is 0 Å². The quantitative estimate of drug-likeness (QED) is 0.448. The van der Waals surface area contributed by atoms with Crippen LogP contribution in [0.3, 0.4) is 0 Å². The predicted molar refractivity (Wildman–Crippen MR) is 120 cm³/mol. The van der Waals surface area contributed by atoms with Crippen molar-refractivity contribution in [2.24, 2.45) is 5.10 Å². The van der Waals surface area contributed by atoms with E-state index in [-0.39, 0.29) is 11.3 Å². The molecule has 3 aromatic rings. The van der Waals surface area contributed by atoms with Gasteiger partial charge in [0.15, 0.2) is 0 Å². The molecule has 0 radical (unpaired) electrons. The average Bonchev–Trinajstić information content (AvgIpc) is 2.73. The SMILES string of the molecule is C/C(=N/NC(=O)C(c1ccccc1)c1ccccc1)c1ccc(C(C)(C)C)cc1. The lowest BCUT2D eigenvalue weighted by molar-refractivity contribution is -0.121. The Balaban J connectivity index is 1.81. The lowest BCUT2D eigenvalue weighted by Crippen LogP contribution is -2.27. The number of hydrazone groups is 1. The molecule has 0 saturated heterocycles. The number of nitrogens with zero attached hydrogens (tertiary/aromatic N) is 1. The number of hydrogen-bond donors (Lipinski definition) is 1. The predicted octanol–water partition coefficient (Wildman–Crippen LogP) is 5.66. The van der Waals surface area contributed by atoms with Crippen molar-refractivity contribution in [3.63, 3.8) is 0 Å². The van der Waals surface area contributed by atoms with Crippen molar-refractivity contribution >= 4 is 11.6 Å². The normalized spacial score (nSPS) is 12.1. The molecule has 0 heterocycles. The van der Waals surface area contributed by atoms with E-state index < -0.39 is 5.92 Å². The smallest absolute Gasteiger partial charge is 0.252 e. The minimum atomic E-state index is -0.405. The zero-order chi connectivity index (χ0) is 20.9. The number of carbonyl (C=O) groups is 1. The van der Waals surface area contributed by atoms with Crippen LogP contribution in [0, 0.1) is 0 Å². The number of hydrogen-bond acceptors (Lipinski definition) is 2. The Morgan fingerprint density at radius 1 is 0.793 bits per heavy atom. The third kappa shape index (κ3) is 5.20. The number of carbonyl (C=O) groups excluding carboxylic acids is 1. The lowest BCUT2D eigenvalue weighted by atomic mass is 9.86. The van der Waals surface area contributed by atoms with Gasteiger partial charge in [-0.25, -0.2) is 5.43 Å². The van der Waals surface area contributed by atoms with Gasteiger partial charge in [-0.15, -0.1) is 0 Å². The summed E-state index contributed by atoms with van der Waals surface area (Å²) >= 11 is 0. The maximum Gasteiger partial charge on any atom is 0.252 e. The summed E-state index contributed by atoms with van der Waals surface area (Å²) in [6.07, 6.45) is 0. The van der Waals surface area contributed by atoms with Crippen molar-refractivity contribution in [2.75, 3.05) is 0 Å². The second kappa shape index (κ2) is 8.87. The Hall–Kier alpha value is -3.20. The summed E-state index contributed by atoms with van der Waals surface area (Å²) in [5.41, 5.74) is 7.81. The average molecular weight is 385 g/mol. The molecule has 29 heavy (non-hydrogen) atoms. The van der Waals surface area contributed by atoms with Gasteiger partial charge in [0.05, 0.1) is 11.6 Å². The zero-order valence-corrected chi connectivity index (χ0v) is 17.5. The van der Waals surface area contributed by atoms with Crippen molar-refractivity contribution < 1.29 is 4.79 Å². The first-order valence-electron chi connectivity index (χ1n) is 9.91. The number of nitrogens with one attached hydrogen (secondary N) is 1. The molecule has 1 amide bonds. The number of benzene rings is 3. The second-order valence-electron chi connectivity index (χ2n) is 8.25. The molecule has 0 saturated carbocycles. The largest absolute Gasteiger partial charge is 0.272 e. The second-order valence-corrected chi connectivity index (χ2v) is 8.25. The molecule has 0 atom stereocenters. The molecule has 0 bridgehead atoms. The van der Waals surface area contributed by atoms with E-state index in [4.69, 9.17) is 0 Å². The molecule has 0 aliphatic carbocycles. The maximum atomic E-state index is 13.0. The van der Waals surface area contributed by atoms with Crippen LogP contribution in [0.25, 0.3) is 0 Å². The molecule has 0 aliphatic rings. The molecule has 3 nitrogen and oxygen atoms in total. The molecule has 0 aromatic heterocycles. The topological polar surface area (TPSA) is 41.5 Å². The van der Waals surface area contributed by atoms with Gasteiger partial charge in [-0.1, -0.05) is 106 Å². The van der Waals surface area contributed by atoms with Crippen LogP contribution in [-0.4, -0.2) is 11.6 Å². The number of rotatable bonds is 5. The van der Waals surface area contributed by atoms with E-state index in [1.165, 1.54) is 5.56 Å². The van der Waals surface area contributed by atoms with Gasteiger partial charge in [0, 0.05) is 0 Å². The standard InChI is InChI=1S/C26H28N2O/c1-19(20-15-17-23(18-16-20)26(2,3)4)27-28-25(29)24(21-11-7-5-8-12-21)22-13-9-6-10-14-22/h5-18,24H,1-4H3,(H,28,29)/b27-19-. The summed E-state index contributed by atoms with van der Waals surface area (Å²) in [7, 11) is 0. The first kappa shape index (κ1) is 20.5. The maximum absolute atomic E-state index is 13.0. The van der Waals surface area contributed by atoms with Gasteiger partial charge in [-0.2, -0.15) is 5.10 Å². The fraction of sp³-hybridized carbons (Fsp3) is 0.231. The molecular formula is C26H28N2O. The summed E-state index contributed by atoms with van der Waals surface area (Å²) in [5.74, 6) is -0.551. The van der Waals surface area contributed by atoms with Crippen molar-refractivity contribution in [1.82, 2.24) is 5.43 Å². The summed E-state index contributed by atoms with van der Waals surface area (Å²) < 4.78 is 0. The fourth-order valence-corrected chi connectivity index (χ4v) is 3.27. The van der Waals surface area contributed by atoms with Crippen LogP contribution in [0.2, 0.25) is 0 Å². The van der Waals surface area contributed by atoms with Crippen LogP contribution in [0.4, 0.5) is 0 Å². The van der Waals surface area contributed by atoms with Gasteiger partial charge in [0.2, 0.25) is 0 Å². The van der Waals surface area contributed by atoms with E-state index in [0.717, 1.165) is 22.4 Å². The Kier molecular flexibility index (Phi) is 6.28. The highest BCUT2D eigenvalue weighted by atomic mass is 16.2. The Bertz CT molecular complexity index is 929.